The fourth-order valence-electron chi connectivity index (χ4n) is 6.85. The molecule has 224 valence electrons. The molecule has 0 amide bonds. The average molecular weight is 612 g/mol. The standard InChI is InChI=1S/C45H29N3/c1-30-16-24-38-40(26-30)42(28-46)39-25-21-32(27-41(39)43(38)29-47)18-17-31-19-22-35(23-20-31)48(44-14-6-10-33-8-2-4-12-36(33)44)45-15-7-11-34-9-3-5-13-37(34)45/h2-27H,1H3/b18-17-. The molecule has 0 unspecified atom stereocenters. The highest BCUT2D eigenvalue weighted by Gasteiger charge is 2.18. The van der Waals surface area contributed by atoms with Gasteiger partial charge in [-0.3, -0.25) is 0 Å². The van der Waals surface area contributed by atoms with E-state index in [2.05, 4.69) is 138 Å². The molecule has 0 spiro atoms. The van der Waals surface area contributed by atoms with Crippen molar-refractivity contribution < 1.29 is 0 Å². The van der Waals surface area contributed by atoms with E-state index >= 15 is 0 Å². The van der Waals surface area contributed by atoms with Crippen LogP contribution in [-0.4, -0.2) is 0 Å². The lowest BCUT2D eigenvalue weighted by Crippen LogP contribution is -2.11. The van der Waals surface area contributed by atoms with Crippen molar-refractivity contribution in [2.45, 2.75) is 6.92 Å². The van der Waals surface area contributed by atoms with E-state index < -0.39 is 0 Å². The summed E-state index contributed by atoms with van der Waals surface area (Å²) in [5.74, 6) is 0. The van der Waals surface area contributed by atoms with Gasteiger partial charge < -0.3 is 4.90 Å². The summed E-state index contributed by atoms with van der Waals surface area (Å²) < 4.78 is 0. The minimum atomic E-state index is 0.598. The number of hydrogen-bond donors (Lipinski definition) is 0. The van der Waals surface area contributed by atoms with Gasteiger partial charge in [0.25, 0.3) is 0 Å². The maximum absolute atomic E-state index is 10.2. The van der Waals surface area contributed by atoms with Crippen molar-refractivity contribution >= 4 is 72.3 Å². The lowest BCUT2D eigenvalue weighted by atomic mass is 9.91. The number of fused-ring (bicyclic) bond motifs is 4. The quantitative estimate of drug-likeness (QED) is 0.144. The van der Waals surface area contributed by atoms with Crippen molar-refractivity contribution in [3.8, 4) is 12.1 Å². The van der Waals surface area contributed by atoms with E-state index in [-0.39, 0.29) is 0 Å². The van der Waals surface area contributed by atoms with Crippen molar-refractivity contribution in [1.29, 1.82) is 10.5 Å². The Balaban J connectivity index is 1.20. The predicted octanol–water partition coefficient (Wildman–Crippen LogP) is 12.0. The third kappa shape index (κ3) is 4.92. The van der Waals surface area contributed by atoms with Gasteiger partial charge in [-0.15, -0.1) is 0 Å². The fourth-order valence-corrected chi connectivity index (χ4v) is 6.85. The highest BCUT2D eigenvalue weighted by Crippen LogP contribution is 2.42. The van der Waals surface area contributed by atoms with Crippen LogP contribution < -0.4 is 4.90 Å². The first-order valence-corrected chi connectivity index (χ1v) is 16.0. The molecule has 0 aliphatic rings. The molecule has 0 N–H and O–H groups in total. The molecule has 0 bridgehead atoms. The summed E-state index contributed by atoms with van der Waals surface area (Å²) in [6.07, 6.45) is 4.15. The van der Waals surface area contributed by atoms with E-state index in [9.17, 15) is 10.5 Å². The molecule has 0 aliphatic carbocycles. The van der Waals surface area contributed by atoms with Crippen molar-refractivity contribution in [2.24, 2.45) is 0 Å². The Morgan fingerprint density at radius 3 is 1.56 bits per heavy atom. The predicted molar refractivity (Wildman–Crippen MR) is 201 cm³/mol. The van der Waals surface area contributed by atoms with Crippen molar-refractivity contribution in [3.63, 3.8) is 0 Å². The van der Waals surface area contributed by atoms with Gasteiger partial charge in [0, 0.05) is 38.0 Å². The Kier molecular flexibility index (Phi) is 7.14. The molecule has 0 fully saturated rings. The Morgan fingerprint density at radius 2 is 0.958 bits per heavy atom. The number of nitriles is 2. The van der Waals surface area contributed by atoms with Gasteiger partial charge >= 0.3 is 0 Å². The van der Waals surface area contributed by atoms with Gasteiger partial charge in [-0.2, -0.15) is 10.5 Å². The summed E-state index contributed by atoms with van der Waals surface area (Å²) >= 11 is 0. The van der Waals surface area contributed by atoms with Crippen LogP contribution >= 0.6 is 0 Å². The summed E-state index contributed by atoms with van der Waals surface area (Å²) in [6.45, 7) is 2.00. The molecule has 8 aromatic rings. The van der Waals surface area contributed by atoms with E-state index in [1.165, 1.54) is 21.5 Å². The molecule has 8 rings (SSSR count). The van der Waals surface area contributed by atoms with Gasteiger partial charge in [-0.1, -0.05) is 133 Å². The van der Waals surface area contributed by atoms with E-state index in [1.807, 2.05) is 43.3 Å². The summed E-state index contributed by atoms with van der Waals surface area (Å²) in [4.78, 5) is 2.35. The maximum Gasteiger partial charge on any atom is 0.100 e. The molecule has 3 nitrogen and oxygen atoms in total. The molecule has 0 aliphatic heterocycles. The third-order valence-electron chi connectivity index (χ3n) is 9.15. The van der Waals surface area contributed by atoms with Crippen LogP contribution in [-0.2, 0) is 0 Å². The highest BCUT2D eigenvalue weighted by atomic mass is 15.1. The van der Waals surface area contributed by atoms with Gasteiger partial charge in [0.1, 0.15) is 12.1 Å². The molecular formula is C45H29N3. The first-order valence-electron chi connectivity index (χ1n) is 16.0. The third-order valence-corrected chi connectivity index (χ3v) is 9.15. The molecule has 0 saturated heterocycles. The Morgan fingerprint density at radius 1 is 0.458 bits per heavy atom. The largest absolute Gasteiger partial charge is 0.309 e. The number of rotatable bonds is 5. The lowest BCUT2D eigenvalue weighted by Gasteiger charge is -2.28. The van der Waals surface area contributed by atoms with Crippen LogP contribution in [0.3, 0.4) is 0 Å². The maximum atomic E-state index is 10.2. The van der Waals surface area contributed by atoms with Crippen LogP contribution in [0, 0.1) is 29.6 Å². The van der Waals surface area contributed by atoms with E-state index in [1.54, 1.807) is 0 Å². The number of anilines is 3. The molecule has 48 heavy (non-hydrogen) atoms. The van der Waals surface area contributed by atoms with Crippen LogP contribution in [0.1, 0.15) is 27.8 Å². The zero-order chi connectivity index (χ0) is 32.6. The molecule has 0 aromatic heterocycles. The molecule has 0 atom stereocenters. The van der Waals surface area contributed by atoms with Crippen molar-refractivity contribution in [1.82, 2.24) is 0 Å². The SMILES string of the molecule is Cc1ccc2c(C#N)c3cc(/C=C\c4ccc(N(c5cccc6ccccc56)c5cccc6ccccc56)cc4)ccc3c(C#N)c2c1. The first kappa shape index (κ1) is 28.8. The van der Waals surface area contributed by atoms with Crippen LogP contribution in [0.5, 0.6) is 0 Å². The van der Waals surface area contributed by atoms with Gasteiger partial charge in [0.05, 0.1) is 22.5 Å². The second kappa shape index (κ2) is 11.9. The normalized spacial score (nSPS) is 11.3. The molecule has 3 heteroatoms. The van der Waals surface area contributed by atoms with Gasteiger partial charge in [0.2, 0.25) is 0 Å². The van der Waals surface area contributed by atoms with Crippen molar-refractivity contribution in [3.05, 3.63) is 173 Å². The minimum Gasteiger partial charge on any atom is -0.309 e. The molecule has 0 saturated carbocycles. The second-order valence-corrected chi connectivity index (χ2v) is 12.1. The zero-order valence-corrected chi connectivity index (χ0v) is 26.4. The van der Waals surface area contributed by atoms with Crippen LogP contribution in [0.25, 0.3) is 55.2 Å². The summed E-state index contributed by atoms with van der Waals surface area (Å²) in [7, 11) is 0. The number of hydrogen-bond acceptors (Lipinski definition) is 3. The summed E-state index contributed by atoms with van der Waals surface area (Å²) in [6, 6.07) is 55.3. The Hall–Kier alpha value is -6.68. The van der Waals surface area contributed by atoms with Crippen LogP contribution in [0.2, 0.25) is 0 Å². The Labute approximate surface area is 279 Å². The fraction of sp³-hybridized carbons (Fsp3) is 0.0222. The lowest BCUT2D eigenvalue weighted by molar-refractivity contribution is 1.31. The smallest absolute Gasteiger partial charge is 0.100 e. The zero-order valence-electron chi connectivity index (χ0n) is 26.4. The second-order valence-electron chi connectivity index (χ2n) is 12.1. The number of aryl methyl sites for hydroxylation is 1. The van der Waals surface area contributed by atoms with Gasteiger partial charge in [-0.05, 0) is 59.2 Å². The van der Waals surface area contributed by atoms with Crippen LogP contribution in [0.15, 0.2) is 146 Å². The molecule has 0 heterocycles. The van der Waals surface area contributed by atoms with Crippen molar-refractivity contribution in [2.75, 3.05) is 4.90 Å². The van der Waals surface area contributed by atoms with Gasteiger partial charge in [0.15, 0.2) is 0 Å². The summed E-state index contributed by atoms with van der Waals surface area (Å²) in [5.41, 5.74) is 7.60. The highest BCUT2D eigenvalue weighted by molar-refractivity contribution is 6.10. The van der Waals surface area contributed by atoms with E-state index in [4.69, 9.17) is 0 Å². The van der Waals surface area contributed by atoms with Crippen LogP contribution in [0.4, 0.5) is 17.1 Å². The Bertz CT molecular complexity index is 2560. The molecule has 0 radical (unpaired) electrons. The topological polar surface area (TPSA) is 50.8 Å². The summed E-state index contributed by atoms with van der Waals surface area (Å²) in [5, 5.41) is 28.2. The average Bonchev–Trinajstić information content (AvgIpc) is 3.13. The molecular weight excluding hydrogens is 583 g/mol. The van der Waals surface area contributed by atoms with E-state index in [0.717, 1.165) is 55.3 Å². The number of nitrogens with zero attached hydrogens (tertiary/aromatic N) is 3. The van der Waals surface area contributed by atoms with E-state index in [0.29, 0.717) is 11.1 Å². The first-order chi connectivity index (χ1) is 23.6. The monoisotopic (exact) mass is 611 g/mol. The van der Waals surface area contributed by atoms with Gasteiger partial charge in [-0.25, -0.2) is 0 Å². The molecule has 8 aromatic carbocycles. The number of benzene rings is 8. The minimum absolute atomic E-state index is 0.598.